The standard InChI is InChI=1S/C34H43N3O8/c1-6-20(2)30(33(42)44-5)37-32(41)28(17-15-21(3)38)35-31(40)29(18-16-22(4)39)36-34(43)45-19-27-25-13-9-7-11-23(25)24-12-8-10-14-26(24)27/h7-14,20,27-30H,6,15-19H2,1-5H3,(H,35,40)(H,36,43)(H,37,41)/t20?,28-,29-,30-/m0/s1. The lowest BCUT2D eigenvalue weighted by molar-refractivity contribution is -0.147. The molecule has 3 amide bonds. The predicted molar refractivity (Wildman–Crippen MR) is 167 cm³/mol. The van der Waals surface area contributed by atoms with Gasteiger partial charge in [0.2, 0.25) is 11.8 Å². The summed E-state index contributed by atoms with van der Waals surface area (Å²) in [5.41, 5.74) is 4.19. The van der Waals surface area contributed by atoms with Gasteiger partial charge in [-0.3, -0.25) is 9.59 Å². The average Bonchev–Trinajstić information content (AvgIpc) is 3.35. The van der Waals surface area contributed by atoms with Crippen molar-refractivity contribution in [2.75, 3.05) is 13.7 Å². The number of methoxy groups -OCH3 is 1. The Hall–Kier alpha value is -4.54. The minimum Gasteiger partial charge on any atom is -0.467 e. The Balaban J connectivity index is 1.73. The van der Waals surface area contributed by atoms with Gasteiger partial charge in [0.05, 0.1) is 7.11 Å². The monoisotopic (exact) mass is 621 g/mol. The molecular formula is C34H43N3O8. The summed E-state index contributed by atoms with van der Waals surface area (Å²) in [4.78, 5) is 75.6. The first kappa shape index (κ1) is 34.9. The van der Waals surface area contributed by atoms with Crippen LogP contribution in [-0.4, -0.2) is 67.3 Å². The highest BCUT2D eigenvalue weighted by Gasteiger charge is 2.33. The lowest BCUT2D eigenvalue weighted by Gasteiger charge is -2.26. The van der Waals surface area contributed by atoms with Gasteiger partial charge in [-0.1, -0.05) is 68.8 Å². The molecule has 0 saturated heterocycles. The maximum atomic E-state index is 13.5. The molecule has 0 saturated carbocycles. The number of rotatable bonds is 16. The van der Waals surface area contributed by atoms with Crippen molar-refractivity contribution >= 4 is 35.4 Å². The van der Waals surface area contributed by atoms with Crippen LogP contribution < -0.4 is 16.0 Å². The van der Waals surface area contributed by atoms with Crippen LogP contribution in [0.3, 0.4) is 0 Å². The van der Waals surface area contributed by atoms with Crippen LogP contribution in [0.4, 0.5) is 4.79 Å². The predicted octanol–water partition coefficient (Wildman–Crippen LogP) is 3.82. The number of carbonyl (C=O) groups is 6. The number of nitrogens with one attached hydrogen (secondary N) is 3. The Bertz CT molecular complexity index is 1360. The van der Waals surface area contributed by atoms with Crippen molar-refractivity contribution in [2.24, 2.45) is 5.92 Å². The van der Waals surface area contributed by atoms with Crippen LogP contribution in [0.1, 0.15) is 76.8 Å². The Morgan fingerprint density at radius 3 is 1.73 bits per heavy atom. The highest BCUT2D eigenvalue weighted by atomic mass is 16.5. The Morgan fingerprint density at radius 2 is 1.24 bits per heavy atom. The SMILES string of the molecule is CCC(C)[C@H](NC(=O)[C@H](CCC(C)=O)NC(=O)[C@H](CCC(C)=O)NC(=O)OCC1c2ccccc2-c2ccccc21)C(=O)OC. The van der Waals surface area contributed by atoms with E-state index in [4.69, 9.17) is 9.47 Å². The largest absolute Gasteiger partial charge is 0.467 e. The first-order valence-corrected chi connectivity index (χ1v) is 15.3. The summed E-state index contributed by atoms with van der Waals surface area (Å²) >= 11 is 0. The fourth-order valence-electron chi connectivity index (χ4n) is 5.34. The number of hydrogen-bond donors (Lipinski definition) is 3. The Kier molecular flexibility index (Phi) is 12.8. The van der Waals surface area contributed by atoms with Crippen LogP contribution in [0.25, 0.3) is 11.1 Å². The van der Waals surface area contributed by atoms with Crippen LogP contribution >= 0.6 is 0 Å². The summed E-state index contributed by atoms with van der Waals surface area (Å²) in [6, 6.07) is 12.4. The average molecular weight is 622 g/mol. The highest BCUT2D eigenvalue weighted by molar-refractivity contribution is 5.93. The minimum absolute atomic E-state index is 0.00944. The van der Waals surface area contributed by atoms with E-state index in [1.807, 2.05) is 55.5 Å². The van der Waals surface area contributed by atoms with Gasteiger partial charge in [0.25, 0.3) is 0 Å². The van der Waals surface area contributed by atoms with Gasteiger partial charge in [0, 0.05) is 18.8 Å². The summed E-state index contributed by atoms with van der Waals surface area (Å²) in [6.45, 7) is 6.39. The van der Waals surface area contributed by atoms with E-state index in [1.165, 1.54) is 21.0 Å². The van der Waals surface area contributed by atoms with Crippen LogP contribution in [-0.2, 0) is 33.4 Å². The number of fused-ring (bicyclic) bond motifs is 3. The third kappa shape index (κ3) is 9.47. The van der Waals surface area contributed by atoms with E-state index in [2.05, 4.69) is 16.0 Å². The van der Waals surface area contributed by atoms with Gasteiger partial charge in [0.15, 0.2) is 0 Å². The smallest absolute Gasteiger partial charge is 0.407 e. The van der Waals surface area contributed by atoms with Crippen molar-refractivity contribution in [3.05, 3.63) is 59.7 Å². The molecular weight excluding hydrogens is 578 g/mol. The molecule has 0 aliphatic heterocycles. The minimum atomic E-state index is -1.21. The summed E-state index contributed by atoms with van der Waals surface area (Å²) in [7, 11) is 1.22. The van der Waals surface area contributed by atoms with Crippen molar-refractivity contribution in [3.8, 4) is 11.1 Å². The number of hydrogen-bond acceptors (Lipinski definition) is 8. The van der Waals surface area contributed by atoms with Crippen molar-refractivity contribution in [2.45, 2.75) is 83.8 Å². The maximum Gasteiger partial charge on any atom is 0.407 e. The summed E-state index contributed by atoms with van der Waals surface area (Å²) in [5, 5.41) is 7.80. The molecule has 1 aliphatic carbocycles. The van der Waals surface area contributed by atoms with Crippen LogP contribution in [0.15, 0.2) is 48.5 Å². The van der Waals surface area contributed by atoms with Crippen LogP contribution in [0, 0.1) is 5.92 Å². The quantitative estimate of drug-likeness (QED) is 0.239. The van der Waals surface area contributed by atoms with E-state index in [-0.39, 0.29) is 55.7 Å². The van der Waals surface area contributed by atoms with Crippen molar-refractivity contribution in [1.29, 1.82) is 0 Å². The summed E-state index contributed by atoms with van der Waals surface area (Å²) < 4.78 is 10.4. The van der Waals surface area contributed by atoms with E-state index in [1.54, 1.807) is 6.92 Å². The zero-order chi connectivity index (χ0) is 33.1. The fourth-order valence-corrected chi connectivity index (χ4v) is 5.34. The van der Waals surface area contributed by atoms with Crippen molar-refractivity contribution < 1.29 is 38.2 Å². The first-order chi connectivity index (χ1) is 21.5. The molecule has 0 heterocycles. The molecule has 11 nitrogen and oxygen atoms in total. The van der Waals surface area contributed by atoms with Gasteiger partial charge in [0.1, 0.15) is 36.3 Å². The zero-order valence-electron chi connectivity index (χ0n) is 26.5. The zero-order valence-corrected chi connectivity index (χ0v) is 26.5. The van der Waals surface area contributed by atoms with Gasteiger partial charge >= 0.3 is 12.1 Å². The molecule has 2 aromatic rings. The Labute approximate surface area is 263 Å². The molecule has 0 fully saturated rings. The van der Waals surface area contributed by atoms with Crippen LogP contribution in [0.2, 0.25) is 0 Å². The third-order valence-corrected chi connectivity index (χ3v) is 8.12. The molecule has 0 radical (unpaired) electrons. The molecule has 11 heteroatoms. The molecule has 0 aromatic heterocycles. The van der Waals surface area contributed by atoms with Crippen molar-refractivity contribution in [3.63, 3.8) is 0 Å². The van der Waals surface area contributed by atoms with Gasteiger partial charge in [-0.2, -0.15) is 0 Å². The second-order valence-electron chi connectivity index (χ2n) is 11.5. The van der Waals surface area contributed by atoms with E-state index in [0.717, 1.165) is 22.3 Å². The lowest BCUT2D eigenvalue weighted by Crippen LogP contribution is -2.57. The first-order valence-electron chi connectivity index (χ1n) is 15.3. The van der Waals surface area contributed by atoms with E-state index >= 15 is 0 Å². The number of carbonyl (C=O) groups excluding carboxylic acids is 6. The normalized spacial score (nSPS) is 14.5. The number of ether oxygens (including phenoxy) is 2. The third-order valence-electron chi connectivity index (χ3n) is 8.12. The molecule has 242 valence electrons. The van der Waals surface area contributed by atoms with Gasteiger partial charge in [-0.05, 0) is 54.9 Å². The maximum absolute atomic E-state index is 13.5. The van der Waals surface area contributed by atoms with Gasteiger partial charge in [-0.25, -0.2) is 9.59 Å². The molecule has 4 atom stereocenters. The number of ketones is 2. The van der Waals surface area contributed by atoms with Gasteiger partial charge < -0.3 is 35.0 Å². The second-order valence-corrected chi connectivity index (χ2v) is 11.5. The molecule has 3 rings (SSSR count). The number of Topliss-reactive ketones (excluding diaryl/α,β-unsaturated/α-hetero) is 2. The van der Waals surface area contributed by atoms with E-state index in [9.17, 15) is 28.8 Å². The molecule has 1 unspecified atom stereocenters. The number of amides is 3. The molecule has 0 bridgehead atoms. The topological polar surface area (TPSA) is 157 Å². The van der Waals surface area contributed by atoms with E-state index in [0.29, 0.717) is 6.42 Å². The molecule has 1 aliphatic rings. The number of benzene rings is 2. The molecule has 0 spiro atoms. The fraction of sp³-hybridized carbons (Fsp3) is 0.471. The lowest BCUT2D eigenvalue weighted by atomic mass is 9.98. The summed E-state index contributed by atoms with van der Waals surface area (Å²) in [6.07, 6.45) is -0.377. The molecule has 3 N–H and O–H groups in total. The van der Waals surface area contributed by atoms with E-state index < -0.39 is 42.0 Å². The second kappa shape index (κ2) is 16.5. The summed E-state index contributed by atoms with van der Waals surface area (Å²) in [5.74, 6) is -2.88. The van der Waals surface area contributed by atoms with Gasteiger partial charge in [-0.15, -0.1) is 0 Å². The van der Waals surface area contributed by atoms with Crippen molar-refractivity contribution in [1.82, 2.24) is 16.0 Å². The van der Waals surface area contributed by atoms with Crippen LogP contribution in [0.5, 0.6) is 0 Å². The number of esters is 1. The molecule has 2 aromatic carbocycles. The number of alkyl carbamates (subject to hydrolysis) is 1. The Morgan fingerprint density at radius 1 is 0.756 bits per heavy atom. The highest BCUT2D eigenvalue weighted by Crippen LogP contribution is 2.44. The molecule has 45 heavy (non-hydrogen) atoms.